The van der Waals surface area contributed by atoms with Gasteiger partial charge in [-0.2, -0.15) is 10.1 Å². The Kier molecular flexibility index (Phi) is 5.50. The first-order valence-electron chi connectivity index (χ1n) is 8.40. The van der Waals surface area contributed by atoms with Crippen molar-refractivity contribution in [1.29, 1.82) is 0 Å². The Morgan fingerprint density at radius 1 is 1.26 bits per heavy atom. The number of esters is 1. The number of carbonyl (C=O) groups is 2. The molecule has 0 bridgehead atoms. The minimum Gasteiger partial charge on any atom is -0.465 e. The van der Waals surface area contributed by atoms with Crippen LogP contribution in [-0.2, 0) is 27.4 Å². The van der Waals surface area contributed by atoms with Gasteiger partial charge in [0.15, 0.2) is 4.80 Å². The molecule has 142 valence electrons. The molecule has 9 heteroatoms. The normalized spacial score (nSPS) is 11.9. The van der Waals surface area contributed by atoms with E-state index in [4.69, 9.17) is 4.74 Å². The fourth-order valence-corrected chi connectivity index (χ4v) is 3.80. The zero-order chi connectivity index (χ0) is 19.6. The van der Waals surface area contributed by atoms with Crippen molar-refractivity contribution in [2.24, 2.45) is 4.99 Å². The van der Waals surface area contributed by atoms with E-state index in [1.54, 1.807) is 22.2 Å². The van der Waals surface area contributed by atoms with Crippen LogP contribution in [0.4, 0.5) is 4.39 Å². The number of aromatic nitrogens is 3. The fraction of sp³-hybridized carbons (Fsp3) is 0.333. The third-order valence-electron chi connectivity index (χ3n) is 3.85. The summed E-state index contributed by atoms with van der Waals surface area (Å²) in [6, 6.07) is 6.09. The van der Waals surface area contributed by atoms with E-state index in [9.17, 15) is 14.0 Å². The van der Waals surface area contributed by atoms with Crippen molar-refractivity contribution in [2.75, 3.05) is 6.61 Å². The van der Waals surface area contributed by atoms with Gasteiger partial charge in [-0.25, -0.2) is 4.39 Å². The molecule has 0 unspecified atom stereocenters. The van der Waals surface area contributed by atoms with Crippen LogP contribution in [0.3, 0.4) is 0 Å². The Morgan fingerprint density at radius 2 is 2.04 bits per heavy atom. The molecule has 7 nitrogen and oxygen atoms in total. The zero-order valence-corrected chi connectivity index (χ0v) is 16.0. The number of hydrogen-bond donors (Lipinski definition) is 0. The van der Waals surface area contributed by atoms with E-state index >= 15 is 0 Å². The van der Waals surface area contributed by atoms with Gasteiger partial charge in [0.25, 0.3) is 5.91 Å². The second kappa shape index (κ2) is 7.83. The average molecular weight is 390 g/mol. The molecule has 3 aromatic rings. The first kappa shape index (κ1) is 19.0. The van der Waals surface area contributed by atoms with Crippen molar-refractivity contribution in [2.45, 2.75) is 33.9 Å². The SMILES string of the molecule is CCOC(=O)Cn1c(=NC(=O)Cn2nc(C)cc2C)sc2cc(F)ccc21. The predicted molar refractivity (Wildman–Crippen MR) is 98.7 cm³/mol. The number of fused-ring (bicyclic) bond motifs is 1. The Labute approximate surface area is 158 Å². The molecule has 0 radical (unpaired) electrons. The molecule has 0 aliphatic carbocycles. The minimum atomic E-state index is -0.450. The number of nitrogens with zero attached hydrogens (tertiary/aromatic N) is 4. The lowest BCUT2D eigenvalue weighted by molar-refractivity contribution is -0.143. The van der Waals surface area contributed by atoms with E-state index in [1.807, 2.05) is 19.9 Å². The van der Waals surface area contributed by atoms with E-state index in [0.29, 0.717) is 15.0 Å². The maximum absolute atomic E-state index is 13.6. The Hall–Kier alpha value is -2.81. The van der Waals surface area contributed by atoms with Gasteiger partial charge in [-0.15, -0.1) is 0 Å². The summed E-state index contributed by atoms with van der Waals surface area (Å²) in [5, 5.41) is 4.25. The Morgan fingerprint density at radius 3 is 2.70 bits per heavy atom. The molecule has 0 atom stereocenters. The Bertz CT molecular complexity index is 1080. The van der Waals surface area contributed by atoms with Crippen LogP contribution in [0.1, 0.15) is 18.3 Å². The molecule has 0 aliphatic rings. The van der Waals surface area contributed by atoms with E-state index in [-0.39, 0.29) is 19.7 Å². The predicted octanol–water partition coefficient (Wildman–Crippen LogP) is 2.35. The lowest BCUT2D eigenvalue weighted by Gasteiger charge is -2.05. The summed E-state index contributed by atoms with van der Waals surface area (Å²) >= 11 is 1.14. The van der Waals surface area contributed by atoms with Gasteiger partial charge < -0.3 is 9.30 Å². The number of ether oxygens (including phenoxy) is 1. The van der Waals surface area contributed by atoms with Crippen LogP contribution in [0.5, 0.6) is 0 Å². The lowest BCUT2D eigenvalue weighted by Crippen LogP contribution is -2.24. The van der Waals surface area contributed by atoms with Crippen LogP contribution >= 0.6 is 11.3 Å². The maximum Gasteiger partial charge on any atom is 0.326 e. The number of hydrogen-bond acceptors (Lipinski definition) is 5. The van der Waals surface area contributed by atoms with Gasteiger partial charge in [-0.3, -0.25) is 14.3 Å². The van der Waals surface area contributed by atoms with Gasteiger partial charge in [0.1, 0.15) is 18.9 Å². The molecule has 1 amide bonds. The monoisotopic (exact) mass is 390 g/mol. The number of aryl methyl sites for hydroxylation is 2. The molecule has 2 heterocycles. The summed E-state index contributed by atoms with van der Waals surface area (Å²) in [6.07, 6.45) is 0. The van der Waals surface area contributed by atoms with E-state index in [1.165, 1.54) is 12.1 Å². The topological polar surface area (TPSA) is 78.5 Å². The quantitative estimate of drug-likeness (QED) is 0.627. The summed E-state index contributed by atoms with van der Waals surface area (Å²) in [7, 11) is 0. The second-order valence-electron chi connectivity index (χ2n) is 5.98. The summed E-state index contributed by atoms with van der Waals surface area (Å²) in [5.74, 6) is -1.26. The fourth-order valence-electron chi connectivity index (χ4n) is 2.73. The van der Waals surface area contributed by atoms with Crippen LogP contribution in [-0.4, -0.2) is 32.8 Å². The number of rotatable bonds is 5. The summed E-state index contributed by atoms with van der Waals surface area (Å²) < 4.78 is 22.3. The van der Waals surface area contributed by atoms with E-state index in [0.717, 1.165) is 22.7 Å². The highest BCUT2D eigenvalue weighted by Gasteiger charge is 2.13. The highest BCUT2D eigenvalue weighted by atomic mass is 32.1. The summed E-state index contributed by atoms with van der Waals surface area (Å²) in [4.78, 5) is 28.8. The van der Waals surface area contributed by atoms with Crippen molar-refractivity contribution in [3.63, 3.8) is 0 Å². The van der Waals surface area contributed by atoms with Crippen LogP contribution in [0, 0.1) is 19.7 Å². The lowest BCUT2D eigenvalue weighted by atomic mass is 10.3. The first-order chi connectivity index (χ1) is 12.9. The summed E-state index contributed by atoms with van der Waals surface area (Å²) in [6.45, 7) is 5.55. The van der Waals surface area contributed by atoms with Gasteiger partial charge in [-0.05, 0) is 45.0 Å². The molecule has 0 aliphatic heterocycles. The molecule has 0 saturated carbocycles. The number of thiazole rings is 1. The second-order valence-corrected chi connectivity index (χ2v) is 6.99. The highest BCUT2D eigenvalue weighted by molar-refractivity contribution is 7.16. The van der Waals surface area contributed by atoms with Crippen molar-refractivity contribution < 1.29 is 18.7 Å². The molecule has 0 saturated heterocycles. The number of halogens is 1. The minimum absolute atomic E-state index is 0.0122. The zero-order valence-electron chi connectivity index (χ0n) is 15.2. The van der Waals surface area contributed by atoms with Gasteiger partial charge in [-0.1, -0.05) is 11.3 Å². The first-order valence-corrected chi connectivity index (χ1v) is 9.22. The van der Waals surface area contributed by atoms with Gasteiger partial charge >= 0.3 is 5.97 Å². The van der Waals surface area contributed by atoms with Gasteiger partial charge in [0.05, 0.1) is 22.5 Å². The van der Waals surface area contributed by atoms with Crippen LogP contribution < -0.4 is 4.80 Å². The molecule has 1 aromatic carbocycles. The highest BCUT2D eigenvalue weighted by Crippen LogP contribution is 2.18. The van der Waals surface area contributed by atoms with E-state index in [2.05, 4.69) is 10.1 Å². The Balaban J connectivity index is 2.00. The van der Waals surface area contributed by atoms with E-state index < -0.39 is 17.7 Å². The van der Waals surface area contributed by atoms with Crippen molar-refractivity contribution >= 4 is 33.4 Å². The van der Waals surface area contributed by atoms with Crippen LogP contribution in [0.25, 0.3) is 10.2 Å². The average Bonchev–Trinajstić information content (AvgIpc) is 3.06. The van der Waals surface area contributed by atoms with Crippen LogP contribution in [0.15, 0.2) is 29.3 Å². The smallest absolute Gasteiger partial charge is 0.326 e. The van der Waals surface area contributed by atoms with Gasteiger partial charge in [0.2, 0.25) is 0 Å². The number of benzene rings is 1. The molecule has 2 aromatic heterocycles. The largest absolute Gasteiger partial charge is 0.465 e. The molecule has 3 rings (SSSR count). The molecule has 0 spiro atoms. The molecule has 0 N–H and O–H groups in total. The molecular formula is C18H19FN4O3S. The van der Waals surface area contributed by atoms with Gasteiger partial charge in [0, 0.05) is 5.69 Å². The maximum atomic E-state index is 13.6. The van der Waals surface area contributed by atoms with Crippen molar-refractivity contribution in [3.05, 3.63) is 46.3 Å². The van der Waals surface area contributed by atoms with Crippen molar-refractivity contribution in [1.82, 2.24) is 14.3 Å². The third kappa shape index (κ3) is 4.30. The standard InChI is InChI=1S/C18H19FN4O3S/c1-4-26-17(25)10-22-14-6-5-13(19)8-15(14)27-18(22)20-16(24)9-23-12(3)7-11(2)21-23/h5-8H,4,9-10H2,1-3H3. The molecule has 0 fully saturated rings. The number of amides is 1. The molecule has 27 heavy (non-hydrogen) atoms. The number of carbonyl (C=O) groups excluding carboxylic acids is 2. The summed E-state index contributed by atoms with van der Waals surface area (Å²) in [5.41, 5.74) is 2.29. The third-order valence-corrected chi connectivity index (χ3v) is 4.89. The van der Waals surface area contributed by atoms with Crippen LogP contribution in [0.2, 0.25) is 0 Å². The molecular weight excluding hydrogens is 371 g/mol. The van der Waals surface area contributed by atoms with Crippen molar-refractivity contribution in [3.8, 4) is 0 Å².